The fraction of sp³-hybridized carbons (Fsp3) is 0.188. The molecule has 0 spiro atoms. The molecule has 0 atom stereocenters. The number of nitrogens with zero attached hydrogens (tertiary/aromatic N) is 4. The maximum absolute atomic E-state index is 11.8. The van der Waals surface area contributed by atoms with Gasteiger partial charge in [-0.1, -0.05) is 29.8 Å². The highest BCUT2D eigenvalue weighted by atomic mass is 32.1. The Labute approximate surface area is 146 Å². The lowest BCUT2D eigenvalue weighted by molar-refractivity contribution is 0.487. The van der Waals surface area contributed by atoms with Crippen LogP contribution in [-0.4, -0.2) is 30.6 Å². The molecule has 3 aromatic rings. The highest BCUT2D eigenvalue weighted by Crippen LogP contribution is 2.17. The standard InChI is InChI=1S/C16H15N5O3S/c1-9-4-3-5-11(6-9)7-21-8-17-15(20-21)18-10(2)12-13(22)19-16(24)25-14(12)23/h3-6,8,23H,7H2,1-2H3,(H,19,22,24). The summed E-state index contributed by atoms with van der Waals surface area (Å²) in [6.45, 7) is 4.10. The van der Waals surface area contributed by atoms with E-state index in [9.17, 15) is 14.7 Å². The van der Waals surface area contributed by atoms with Gasteiger partial charge in [0.05, 0.1) is 12.3 Å². The largest absolute Gasteiger partial charge is 0.499 e. The monoisotopic (exact) mass is 357 g/mol. The van der Waals surface area contributed by atoms with Gasteiger partial charge in [-0.15, -0.1) is 5.10 Å². The molecule has 3 rings (SSSR count). The lowest BCUT2D eigenvalue weighted by atomic mass is 10.1. The highest BCUT2D eigenvalue weighted by Gasteiger charge is 2.13. The molecule has 0 aliphatic heterocycles. The molecular weight excluding hydrogens is 342 g/mol. The molecule has 9 heteroatoms. The zero-order chi connectivity index (χ0) is 18.0. The van der Waals surface area contributed by atoms with Gasteiger partial charge in [0, 0.05) is 0 Å². The van der Waals surface area contributed by atoms with Crippen molar-refractivity contribution >= 4 is 23.0 Å². The molecule has 1 aromatic carbocycles. The molecule has 0 aliphatic carbocycles. The Kier molecular flexibility index (Phi) is 4.57. The minimum absolute atomic E-state index is 0.0559. The summed E-state index contributed by atoms with van der Waals surface area (Å²) in [5.74, 6) is 0.167. The number of aromatic nitrogens is 4. The van der Waals surface area contributed by atoms with Gasteiger partial charge in [-0.2, -0.15) is 4.98 Å². The summed E-state index contributed by atoms with van der Waals surface area (Å²) in [7, 11) is 0. The van der Waals surface area contributed by atoms with E-state index in [1.807, 2.05) is 25.1 Å². The Bertz CT molecular complexity index is 1060. The van der Waals surface area contributed by atoms with E-state index >= 15 is 0 Å². The first-order valence-electron chi connectivity index (χ1n) is 7.39. The SMILES string of the molecule is CC(=Nc1ncn(Cc2cccc(C)c2)n1)c1c(O)sc(=O)[nH]c1=O. The first-order valence-corrected chi connectivity index (χ1v) is 8.21. The van der Waals surface area contributed by atoms with Gasteiger partial charge in [0.1, 0.15) is 11.9 Å². The molecule has 0 bridgehead atoms. The Morgan fingerprint density at radius 1 is 1.40 bits per heavy atom. The van der Waals surface area contributed by atoms with Gasteiger partial charge in [-0.3, -0.25) is 14.6 Å². The number of H-pyrrole nitrogens is 1. The topological polar surface area (TPSA) is 113 Å². The molecule has 2 heterocycles. The number of benzene rings is 1. The number of hydrogen-bond donors (Lipinski definition) is 2. The number of aromatic amines is 1. The number of hydrogen-bond acceptors (Lipinski definition) is 7. The van der Waals surface area contributed by atoms with Crippen molar-refractivity contribution in [1.82, 2.24) is 19.7 Å². The fourth-order valence-electron chi connectivity index (χ4n) is 2.35. The van der Waals surface area contributed by atoms with Crippen LogP contribution in [0, 0.1) is 6.92 Å². The lowest BCUT2D eigenvalue weighted by Crippen LogP contribution is -2.22. The Morgan fingerprint density at radius 2 is 2.20 bits per heavy atom. The molecule has 2 N–H and O–H groups in total. The third-order valence-electron chi connectivity index (χ3n) is 3.43. The maximum atomic E-state index is 11.8. The van der Waals surface area contributed by atoms with Gasteiger partial charge >= 0.3 is 4.87 Å². The van der Waals surface area contributed by atoms with Crippen LogP contribution in [0.2, 0.25) is 0 Å². The van der Waals surface area contributed by atoms with E-state index in [2.05, 4.69) is 26.1 Å². The number of nitrogens with one attached hydrogen (secondary N) is 1. The number of aliphatic imine (C=N–C) groups is 1. The zero-order valence-electron chi connectivity index (χ0n) is 13.6. The molecule has 0 aliphatic rings. The average Bonchev–Trinajstić information content (AvgIpc) is 2.93. The van der Waals surface area contributed by atoms with Crippen LogP contribution < -0.4 is 10.4 Å². The molecule has 25 heavy (non-hydrogen) atoms. The maximum Gasteiger partial charge on any atom is 0.310 e. The van der Waals surface area contributed by atoms with Crippen LogP contribution in [0.1, 0.15) is 23.6 Å². The molecule has 0 radical (unpaired) electrons. The van der Waals surface area contributed by atoms with Crippen LogP contribution in [0.15, 0.2) is 45.2 Å². The number of aromatic hydroxyl groups is 1. The van der Waals surface area contributed by atoms with Gasteiger partial charge < -0.3 is 5.11 Å². The summed E-state index contributed by atoms with van der Waals surface area (Å²) in [6.07, 6.45) is 1.54. The summed E-state index contributed by atoms with van der Waals surface area (Å²) < 4.78 is 1.63. The molecule has 2 aromatic heterocycles. The summed E-state index contributed by atoms with van der Waals surface area (Å²) >= 11 is 0.538. The predicted octanol–water partition coefficient (Wildman–Crippen LogP) is 1.59. The van der Waals surface area contributed by atoms with Gasteiger partial charge in [0.15, 0.2) is 5.06 Å². The molecule has 0 saturated carbocycles. The Hall–Kier alpha value is -3.07. The first kappa shape index (κ1) is 16.8. The van der Waals surface area contributed by atoms with Gasteiger partial charge in [-0.05, 0) is 30.7 Å². The quantitative estimate of drug-likeness (QED) is 0.689. The van der Waals surface area contributed by atoms with Crippen molar-refractivity contribution < 1.29 is 5.11 Å². The third kappa shape index (κ3) is 3.89. The van der Waals surface area contributed by atoms with Crippen LogP contribution in [0.3, 0.4) is 0 Å². The van der Waals surface area contributed by atoms with Crippen molar-refractivity contribution in [2.45, 2.75) is 20.4 Å². The molecule has 0 unspecified atom stereocenters. The molecule has 8 nitrogen and oxygen atoms in total. The molecule has 0 fully saturated rings. The van der Waals surface area contributed by atoms with E-state index in [-0.39, 0.29) is 22.3 Å². The molecular formula is C16H15N5O3S. The third-order valence-corrected chi connectivity index (χ3v) is 4.11. The van der Waals surface area contributed by atoms with Crippen molar-refractivity contribution in [2.24, 2.45) is 4.99 Å². The minimum Gasteiger partial charge on any atom is -0.499 e. The van der Waals surface area contributed by atoms with E-state index < -0.39 is 10.4 Å². The van der Waals surface area contributed by atoms with Crippen LogP contribution in [-0.2, 0) is 6.54 Å². The van der Waals surface area contributed by atoms with Crippen molar-refractivity contribution in [2.75, 3.05) is 0 Å². The Morgan fingerprint density at radius 3 is 2.92 bits per heavy atom. The van der Waals surface area contributed by atoms with E-state index in [1.54, 1.807) is 17.9 Å². The van der Waals surface area contributed by atoms with E-state index in [0.717, 1.165) is 11.1 Å². The van der Waals surface area contributed by atoms with Crippen molar-refractivity contribution in [1.29, 1.82) is 0 Å². The van der Waals surface area contributed by atoms with Gasteiger partial charge in [0.2, 0.25) is 0 Å². The molecule has 0 amide bonds. The highest BCUT2D eigenvalue weighted by molar-refractivity contribution is 7.11. The van der Waals surface area contributed by atoms with Crippen molar-refractivity contribution in [3.8, 4) is 5.06 Å². The fourth-order valence-corrected chi connectivity index (χ4v) is 3.01. The summed E-state index contributed by atoms with van der Waals surface area (Å²) in [5, 5.41) is 13.7. The second-order valence-corrected chi connectivity index (χ2v) is 6.41. The van der Waals surface area contributed by atoms with Gasteiger partial charge in [-0.25, -0.2) is 9.67 Å². The molecule has 128 valence electrons. The summed E-state index contributed by atoms with van der Waals surface area (Å²) in [5.41, 5.74) is 1.72. The number of aryl methyl sites for hydroxylation is 1. The predicted molar refractivity (Wildman–Crippen MR) is 95.0 cm³/mol. The first-order chi connectivity index (χ1) is 11.9. The van der Waals surface area contributed by atoms with Crippen LogP contribution in [0.4, 0.5) is 5.95 Å². The van der Waals surface area contributed by atoms with E-state index in [0.29, 0.717) is 17.9 Å². The van der Waals surface area contributed by atoms with E-state index in [1.165, 1.54) is 0 Å². The summed E-state index contributed by atoms with van der Waals surface area (Å²) in [4.78, 5) is 32.7. The average molecular weight is 357 g/mol. The minimum atomic E-state index is -0.693. The van der Waals surface area contributed by atoms with Crippen molar-refractivity contribution in [3.05, 3.63) is 67.3 Å². The zero-order valence-corrected chi connectivity index (χ0v) is 14.4. The lowest BCUT2D eigenvalue weighted by Gasteiger charge is -2.02. The second kappa shape index (κ2) is 6.81. The van der Waals surface area contributed by atoms with Gasteiger partial charge in [0.25, 0.3) is 11.5 Å². The van der Waals surface area contributed by atoms with Crippen LogP contribution >= 0.6 is 11.3 Å². The van der Waals surface area contributed by atoms with Crippen LogP contribution in [0.25, 0.3) is 0 Å². The smallest absolute Gasteiger partial charge is 0.310 e. The molecule has 0 saturated heterocycles. The summed E-state index contributed by atoms with van der Waals surface area (Å²) in [6, 6.07) is 8.04. The number of rotatable bonds is 4. The van der Waals surface area contributed by atoms with Crippen LogP contribution in [0.5, 0.6) is 5.06 Å². The normalized spacial score (nSPS) is 11.7. The van der Waals surface area contributed by atoms with Crippen molar-refractivity contribution in [3.63, 3.8) is 0 Å². The Balaban J connectivity index is 1.86. The second-order valence-electron chi connectivity index (χ2n) is 5.45. The van der Waals surface area contributed by atoms with E-state index in [4.69, 9.17) is 0 Å².